The van der Waals surface area contributed by atoms with Crippen LogP contribution in [0.15, 0.2) is 72.1 Å². The van der Waals surface area contributed by atoms with Crippen molar-refractivity contribution in [3.8, 4) is 11.8 Å². The lowest BCUT2D eigenvalue weighted by molar-refractivity contribution is 0.134. The van der Waals surface area contributed by atoms with E-state index < -0.39 is 0 Å². The van der Waals surface area contributed by atoms with Crippen molar-refractivity contribution in [2.75, 3.05) is 0 Å². The van der Waals surface area contributed by atoms with Crippen molar-refractivity contribution in [2.24, 2.45) is 5.92 Å². The molecule has 0 bridgehead atoms. The monoisotopic (exact) mass is 461 g/mol. The minimum absolute atomic E-state index is 0.0301. The van der Waals surface area contributed by atoms with Crippen LogP contribution in [0.25, 0.3) is 17.8 Å². The van der Waals surface area contributed by atoms with Gasteiger partial charge in [0.05, 0.1) is 23.1 Å². The molecule has 1 aliphatic heterocycles. The third kappa shape index (κ3) is 3.04. The fourth-order valence-electron chi connectivity index (χ4n) is 7.20. The van der Waals surface area contributed by atoms with Crippen LogP contribution in [0.5, 0.6) is 0 Å². The molecule has 0 spiro atoms. The zero-order valence-electron chi connectivity index (χ0n) is 19.7. The van der Waals surface area contributed by atoms with Gasteiger partial charge in [0, 0.05) is 35.0 Å². The van der Waals surface area contributed by atoms with E-state index in [1.807, 2.05) is 24.3 Å². The second kappa shape index (κ2) is 8.07. The zero-order valence-corrected chi connectivity index (χ0v) is 19.7. The maximum Gasteiger partial charge on any atom is 0.101 e. The van der Waals surface area contributed by atoms with Gasteiger partial charge in [-0.25, -0.2) is 4.39 Å². The molecular formula is C31H28FN3. The lowest BCUT2D eigenvalue weighted by Crippen LogP contribution is -2.42. The van der Waals surface area contributed by atoms with E-state index >= 15 is 0 Å². The summed E-state index contributed by atoms with van der Waals surface area (Å²) in [6.07, 6.45) is 23.0. The average Bonchev–Trinajstić information content (AvgIpc) is 3.41. The number of nitriles is 1. The van der Waals surface area contributed by atoms with Gasteiger partial charge in [-0.3, -0.25) is 4.90 Å². The molecule has 4 unspecified atom stereocenters. The van der Waals surface area contributed by atoms with Crippen molar-refractivity contribution in [3.63, 3.8) is 0 Å². The topological polar surface area (TPSA) is 32.0 Å². The highest BCUT2D eigenvalue weighted by molar-refractivity contribution is 5.72. The van der Waals surface area contributed by atoms with Crippen LogP contribution < -0.4 is 0 Å². The minimum atomic E-state index is 0.0301. The average molecular weight is 462 g/mol. The molecule has 1 fully saturated rings. The maximum absolute atomic E-state index is 14.7. The first-order valence-electron chi connectivity index (χ1n) is 12.9. The number of hydrogen-bond donors (Lipinski definition) is 0. The number of hydrogen-bond acceptors (Lipinski definition) is 2. The molecule has 0 saturated carbocycles. The SMILES string of the molecule is N#Cc1ccccc1-n1c2c(c3c1C(N1C4CC=CC=C4C4CCC(F)=CC41)CC=C3)CCC=C2. The molecule has 2 aromatic rings. The minimum Gasteiger partial charge on any atom is -0.310 e. The van der Waals surface area contributed by atoms with Crippen LogP contribution in [0, 0.1) is 17.2 Å². The summed E-state index contributed by atoms with van der Waals surface area (Å²) in [5.74, 6) is 0.408. The molecular weight excluding hydrogens is 433 g/mol. The van der Waals surface area contributed by atoms with Gasteiger partial charge < -0.3 is 4.57 Å². The summed E-state index contributed by atoms with van der Waals surface area (Å²) < 4.78 is 17.1. The molecule has 4 atom stereocenters. The van der Waals surface area contributed by atoms with Crippen LogP contribution in [-0.2, 0) is 6.42 Å². The smallest absolute Gasteiger partial charge is 0.101 e. The number of likely N-dealkylation sites (tertiary alicyclic amines) is 1. The van der Waals surface area contributed by atoms with Gasteiger partial charge >= 0.3 is 0 Å². The predicted octanol–water partition coefficient (Wildman–Crippen LogP) is 6.97. The summed E-state index contributed by atoms with van der Waals surface area (Å²) in [7, 11) is 0. The number of benzene rings is 1. The van der Waals surface area contributed by atoms with Crippen LogP contribution in [-0.4, -0.2) is 21.6 Å². The molecule has 5 aliphatic rings. The lowest BCUT2D eigenvalue weighted by atomic mass is 9.83. The molecule has 4 heteroatoms. The maximum atomic E-state index is 14.7. The Labute approximate surface area is 205 Å². The van der Waals surface area contributed by atoms with Crippen LogP contribution in [0.1, 0.15) is 66.2 Å². The number of aromatic nitrogens is 1. The van der Waals surface area contributed by atoms with Crippen LogP contribution in [0.4, 0.5) is 4.39 Å². The van der Waals surface area contributed by atoms with Gasteiger partial charge in [0.25, 0.3) is 0 Å². The number of fused-ring (bicyclic) bond motifs is 6. The van der Waals surface area contributed by atoms with Gasteiger partial charge in [-0.2, -0.15) is 5.26 Å². The second-order valence-corrected chi connectivity index (χ2v) is 10.3. The third-order valence-electron chi connectivity index (χ3n) is 8.57. The normalized spacial score (nSPS) is 28.5. The largest absolute Gasteiger partial charge is 0.310 e. The first-order chi connectivity index (χ1) is 17.3. The fraction of sp³-hybridized carbons (Fsp3) is 0.323. The van der Waals surface area contributed by atoms with E-state index in [2.05, 4.69) is 64.1 Å². The van der Waals surface area contributed by atoms with Crippen molar-refractivity contribution in [2.45, 2.75) is 56.7 Å². The summed E-state index contributed by atoms with van der Waals surface area (Å²) in [4.78, 5) is 2.61. The second-order valence-electron chi connectivity index (χ2n) is 10.3. The summed E-state index contributed by atoms with van der Waals surface area (Å²) in [5.41, 5.74) is 8.23. The first-order valence-corrected chi connectivity index (χ1v) is 12.9. The number of halogens is 1. The van der Waals surface area contributed by atoms with Crippen molar-refractivity contribution in [1.29, 1.82) is 5.26 Å². The van der Waals surface area contributed by atoms with Crippen LogP contribution in [0.3, 0.4) is 0 Å². The number of nitrogens with zero attached hydrogens (tertiary/aromatic N) is 3. The predicted molar refractivity (Wildman–Crippen MR) is 137 cm³/mol. The standard InChI is InChI=1S/C31H28FN3/c32-21-16-17-24-22-9-2-5-13-27(22)34(30(24)18-21)29-15-7-11-25-23-10-3-6-14-28(23)35(31(25)29)26-12-4-1-8-20(26)19-33/h1-2,4-9,11-12,14,18,24,27,29-30H,3,10,13,15-17H2. The lowest BCUT2D eigenvalue weighted by Gasteiger charge is -2.39. The molecule has 35 heavy (non-hydrogen) atoms. The highest BCUT2D eigenvalue weighted by atomic mass is 19.1. The number of para-hydroxylation sites is 1. The Balaban J connectivity index is 1.47. The van der Waals surface area contributed by atoms with Crippen molar-refractivity contribution >= 4 is 12.2 Å². The Kier molecular flexibility index (Phi) is 4.82. The van der Waals surface area contributed by atoms with E-state index in [1.54, 1.807) is 0 Å². The number of allylic oxidation sites excluding steroid dienone is 4. The van der Waals surface area contributed by atoms with Crippen molar-refractivity contribution < 1.29 is 4.39 Å². The van der Waals surface area contributed by atoms with Crippen LogP contribution in [0.2, 0.25) is 0 Å². The van der Waals surface area contributed by atoms with E-state index in [1.165, 1.54) is 28.1 Å². The summed E-state index contributed by atoms with van der Waals surface area (Å²) in [6, 6.07) is 10.8. The molecule has 174 valence electrons. The van der Waals surface area contributed by atoms with Gasteiger partial charge in [0.15, 0.2) is 0 Å². The summed E-state index contributed by atoms with van der Waals surface area (Å²) in [5, 5.41) is 9.97. The molecule has 1 saturated heterocycles. The zero-order chi connectivity index (χ0) is 23.5. The molecule has 7 rings (SSSR count). The molecule has 3 nitrogen and oxygen atoms in total. The molecule has 1 aromatic carbocycles. The summed E-state index contributed by atoms with van der Waals surface area (Å²) in [6.45, 7) is 0. The van der Waals surface area contributed by atoms with Gasteiger partial charge in [0.2, 0.25) is 0 Å². The highest BCUT2D eigenvalue weighted by Gasteiger charge is 2.49. The molecule has 0 amide bonds. The summed E-state index contributed by atoms with van der Waals surface area (Å²) >= 11 is 0. The quantitative estimate of drug-likeness (QED) is 0.484. The first kappa shape index (κ1) is 20.9. The highest BCUT2D eigenvalue weighted by Crippen LogP contribution is 2.52. The van der Waals surface area contributed by atoms with Gasteiger partial charge in [-0.15, -0.1) is 0 Å². The molecule has 0 N–H and O–H groups in total. The fourth-order valence-corrected chi connectivity index (χ4v) is 7.20. The van der Waals surface area contributed by atoms with Gasteiger partial charge in [-0.1, -0.05) is 48.6 Å². The Morgan fingerprint density at radius 1 is 1.00 bits per heavy atom. The van der Waals surface area contributed by atoms with Gasteiger partial charge in [-0.05, 0) is 73.9 Å². The third-order valence-corrected chi connectivity index (χ3v) is 8.57. The number of rotatable bonds is 2. The molecule has 2 heterocycles. The Hall–Kier alpha value is -3.42. The Bertz CT molecular complexity index is 1410. The molecule has 1 aromatic heterocycles. The van der Waals surface area contributed by atoms with E-state index in [-0.39, 0.29) is 17.9 Å². The van der Waals surface area contributed by atoms with Crippen LogP contribution >= 0.6 is 0 Å². The Morgan fingerprint density at radius 2 is 1.89 bits per heavy atom. The van der Waals surface area contributed by atoms with E-state index in [4.69, 9.17) is 0 Å². The van der Waals surface area contributed by atoms with E-state index in [0.717, 1.165) is 37.8 Å². The van der Waals surface area contributed by atoms with E-state index in [0.29, 0.717) is 23.9 Å². The Morgan fingerprint density at radius 3 is 2.80 bits per heavy atom. The van der Waals surface area contributed by atoms with Gasteiger partial charge in [0.1, 0.15) is 6.07 Å². The molecule has 4 aliphatic carbocycles. The van der Waals surface area contributed by atoms with Crippen molar-refractivity contribution in [3.05, 3.63) is 100 Å². The molecule has 0 radical (unpaired) electrons. The van der Waals surface area contributed by atoms with Crippen molar-refractivity contribution in [1.82, 2.24) is 9.47 Å². The van der Waals surface area contributed by atoms with E-state index in [9.17, 15) is 9.65 Å².